The maximum Gasteiger partial charge on any atom is 0.409 e. The van der Waals surface area contributed by atoms with Crippen molar-refractivity contribution in [3.05, 3.63) is 45.5 Å². The third-order valence-electron chi connectivity index (χ3n) is 2.01. The molecule has 1 aromatic carbocycles. The van der Waals surface area contributed by atoms with Gasteiger partial charge in [0, 0.05) is 10.5 Å². The lowest BCUT2D eigenvalue weighted by atomic mass is 10.1. The van der Waals surface area contributed by atoms with Crippen LogP contribution in [0.15, 0.2) is 24.3 Å². The highest BCUT2D eigenvalue weighted by molar-refractivity contribution is 6.44. The molecule has 0 aliphatic rings. The van der Waals surface area contributed by atoms with Crippen LogP contribution in [0.1, 0.15) is 10.4 Å². The van der Waals surface area contributed by atoms with Gasteiger partial charge in [-0.05, 0) is 24.3 Å². The molecule has 0 unspecified atom stereocenters. The van der Waals surface area contributed by atoms with E-state index >= 15 is 0 Å². The van der Waals surface area contributed by atoms with E-state index in [4.69, 9.17) is 10.3 Å². The van der Waals surface area contributed by atoms with Crippen molar-refractivity contribution < 1.29 is 19.2 Å². The predicted molar refractivity (Wildman–Crippen MR) is 57.8 cm³/mol. The number of benzene rings is 1. The average Bonchev–Trinajstić information content (AvgIpc) is 2.35. The van der Waals surface area contributed by atoms with Gasteiger partial charge in [-0.15, -0.1) is 0 Å². The van der Waals surface area contributed by atoms with Crippen LogP contribution in [0.5, 0.6) is 5.75 Å². The molecule has 0 atom stereocenters. The van der Waals surface area contributed by atoms with Crippen LogP contribution in [0.25, 0.3) is 5.53 Å². The lowest BCUT2D eigenvalue weighted by Gasteiger charge is -1.99. The molecule has 7 heteroatoms. The smallest absolute Gasteiger partial charge is 0.409 e. The van der Waals surface area contributed by atoms with Gasteiger partial charge in [0.1, 0.15) is 5.75 Å². The van der Waals surface area contributed by atoms with Crippen molar-refractivity contribution >= 4 is 11.5 Å². The summed E-state index contributed by atoms with van der Waals surface area (Å²) in [6.45, 7) is -0.818. The van der Waals surface area contributed by atoms with E-state index in [1.807, 2.05) is 0 Å². The van der Waals surface area contributed by atoms with Crippen LogP contribution in [0, 0.1) is 10.1 Å². The Morgan fingerprint density at radius 2 is 2.06 bits per heavy atom. The lowest BCUT2D eigenvalue weighted by molar-refractivity contribution is -0.465. The SMILES string of the molecule is COc1ccc(C(=O)C(C[N+](=O)[O-])=[N+]=[N-])cc1. The highest BCUT2D eigenvalue weighted by Crippen LogP contribution is 2.11. The van der Waals surface area contributed by atoms with Gasteiger partial charge in [-0.3, -0.25) is 14.9 Å². The minimum absolute atomic E-state index is 0.195. The Morgan fingerprint density at radius 3 is 2.47 bits per heavy atom. The van der Waals surface area contributed by atoms with Crippen molar-refractivity contribution in [2.75, 3.05) is 13.7 Å². The molecule has 1 aromatic rings. The van der Waals surface area contributed by atoms with Crippen molar-refractivity contribution in [2.45, 2.75) is 0 Å². The summed E-state index contributed by atoms with van der Waals surface area (Å²) in [4.78, 5) is 23.8. The minimum atomic E-state index is -0.818. The Hall–Kier alpha value is -2.53. The second kappa shape index (κ2) is 5.53. The van der Waals surface area contributed by atoms with Crippen molar-refractivity contribution in [1.82, 2.24) is 0 Å². The standard InChI is InChI=1S/C10H9N3O4/c1-17-8-4-2-7(3-5-8)10(14)9(12-11)6-13(15)16/h2-5H,6H2,1H3. The lowest BCUT2D eigenvalue weighted by Crippen LogP contribution is -2.24. The number of ketones is 1. The molecule has 0 radical (unpaired) electrons. The summed E-state index contributed by atoms with van der Waals surface area (Å²) in [5.74, 6) is -0.134. The highest BCUT2D eigenvalue weighted by Gasteiger charge is 2.27. The van der Waals surface area contributed by atoms with Crippen LogP contribution in [0.4, 0.5) is 0 Å². The minimum Gasteiger partial charge on any atom is -0.497 e. The first-order valence-corrected chi connectivity index (χ1v) is 4.60. The zero-order valence-electron chi connectivity index (χ0n) is 8.99. The number of carbonyl (C=O) groups excluding carboxylic acids is 1. The molecule has 1 rings (SSSR count). The molecular formula is C10H9N3O4. The number of rotatable bonds is 5. The van der Waals surface area contributed by atoms with E-state index in [9.17, 15) is 14.9 Å². The first-order chi connectivity index (χ1) is 8.08. The molecule has 0 N–H and O–H groups in total. The second-order valence-corrected chi connectivity index (χ2v) is 3.10. The van der Waals surface area contributed by atoms with Crippen LogP contribution in [-0.2, 0) is 0 Å². The number of ether oxygens (including phenoxy) is 1. The Kier molecular flexibility index (Phi) is 4.08. The van der Waals surface area contributed by atoms with Crippen LogP contribution < -0.4 is 4.74 Å². The van der Waals surface area contributed by atoms with Gasteiger partial charge in [-0.25, -0.2) is 0 Å². The van der Waals surface area contributed by atoms with Gasteiger partial charge >= 0.3 is 12.3 Å². The molecule has 0 aromatic heterocycles. The summed E-state index contributed by atoms with van der Waals surface area (Å²) in [7, 11) is 1.48. The van der Waals surface area contributed by atoms with E-state index in [0.29, 0.717) is 5.75 Å². The van der Waals surface area contributed by atoms with Crippen molar-refractivity contribution in [1.29, 1.82) is 0 Å². The number of Topliss-reactive ketones (excluding diaryl/α,β-unsaturated/α-hetero) is 1. The first-order valence-electron chi connectivity index (χ1n) is 4.60. The van der Waals surface area contributed by atoms with Crippen LogP contribution in [0.3, 0.4) is 0 Å². The normalized spacial score (nSPS) is 9.24. The van der Waals surface area contributed by atoms with Gasteiger partial charge in [-0.2, -0.15) is 4.79 Å². The fourth-order valence-electron chi connectivity index (χ4n) is 1.18. The number of hydrogen-bond donors (Lipinski definition) is 0. The summed E-state index contributed by atoms with van der Waals surface area (Å²) < 4.78 is 4.90. The van der Waals surface area contributed by atoms with Gasteiger partial charge in [0.05, 0.1) is 7.11 Å². The van der Waals surface area contributed by atoms with Crippen molar-refractivity contribution in [2.24, 2.45) is 0 Å². The van der Waals surface area contributed by atoms with E-state index in [-0.39, 0.29) is 5.56 Å². The Bertz CT molecular complexity index is 489. The second-order valence-electron chi connectivity index (χ2n) is 3.10. The molecule has 0 amide bonds. The van der Waals surface area contributed by atoms with Crippen LogP contribution >= 0.6 is 0 Å². The number of methoxy groups -OCH3 is 1. The summed E-state index contributed by atoms with van der Waals surface area (Å²) >= 11 is 0. The van der Waals surface area contributed by atoms with Gasteiger partial charge < -0.3 is 10.3 Å². The topological polar surface area (TPSA) is 106 Å². The third kappa shape index (κ3) is 3.22. The molecule has 0 bridgehead atoms. The first kappa shape index (κ1) is 12.5. The van der Waals surface area contributed by atoms with Gasteiger partial charge in [0.25, 0.3) is 5.78 Å². The fraction of sp³-hybridized carbons (Fsp3) is 0.200. The van der Waals surface area contributed by atoms with Crippen LogP contribution in [-0.4, -0.2) is 34.9 Å². The fourth-order valence-corrected chi connectivity index (χ4v) is 1.18. The quantitative estimate of drug-likeness (QED) is 0.188. The zero-order valence-corrected chi connectivity index (χ0v) is 8.99. The van der Waals surface area contributed by atoms with E-state index in [2.05, 4.69) is 4.79 Å². The number of nitrogens with zero attached hydrogens (tertiary/aromatic N) is 3. The van der Waals surface area contributed by atoms with E-state index in [1.165, 1.54) is 31.4 Å². The molecule has 17 heavy (non-hydrogen) atoms. The number of carbonyl (C=O) groups is 1. The molecule has 0 aliphatic heterocycles. The maximum atomic E-state index is 11.7. The molecular weight excluding hydrogens is 226 g/mol. The molecule has 0 aliphatic carbocycles. The highest BCUT2D eigenvalue weighted by atomic mass is 16.6. The molecule has 0 heterocycles. The Balaban J connectivity index is 2.94. The van der Waals surface area contributed by atoms with E-state index in [0.717, 1.165) is 0 Å². The summed E-state index contributed by atoms with van der Waals surface area (Å²) in [6, 6.07) is 5.95. The largest absolute Gasteiger partial charge is 0.497 e. The van der Waals surface area contributed by atoms with Crippen LogP contribution in [0.2, 0.25) is 0 Å². The number of nitro groups is 1. The number of hydrogen-bond acceptors (Lipinski definition) is 4. The van der Waals surface area contributed by atoms with E-state index in [1.54, 1.807) is 0 Å². The molecule has 0 saturated carbocycles. The molecule has 88 valence electrons. The van der Waals surface area contributed by atoms with Crippen molar-refractivity contribution in [3.63, 3.8) is 0 Å². The molecule has 0 saturated heterocycles. The monoisotopic (exact) mass is 235 g/mol. The Labute approximate surface area is 96.4 Å². The third-order valence-corrected chi connectivity index (χ3v) is 2.01. The Morgan fingerprint density at radius 1 is 1.47 bits per heavy atom. The van der Waals surface area contributed by atoms with E-state index < -0.39 is 23.0 Å². The van der Waals surface area contributed by atoms with Gasteiger partial charge in [-0.1, -0.05) is 0 Å². The predicted octanol–water partition coefficient (Wildman–Crippen LogP) is 0.825. The summed E-state index contributed by atoms with van der Waals surface area (Å²) in [5.41, 5.74) is 8.23. The zero-order chi connectivity index (χ0) is 12.8. The van der Waals surface area contributed by atoms with Crippen molar-refractivity contribution in [3.8, 4) is 5.75 Å². The summed E-state index contributed by atoms with van der Waals surface area (Å²) in [5, 5.41) is 10.2. The summed E-state index contributed by atoms with van der Waals surface area (Å²) in [6.07, 6.45) is 0. The van der Waals surface area contributed by atoms with Gasteiger partial charge in [0.2, 0.25) is 0 Å². The average molecular weight is 235 g/mol. The maximum absolute atomic E-state index is 11.7. The molecule has 0 spiro atoms. The molecule has 0 fully saturated rings. The van der Waals surface area contributed by atoms with Gasteiger partial charge in [0.15, 0.2) is 0 Å². The molecule has 7 nitrogen and oxygen atoms in total.